The Morgan fingerprint density at radius 1 is 1.19 bits per heavy atom. The van der Waals surface area contributed by atoms with Gasteiger partial charge in [0.2, 0.25) is 0 Å². The van der Waals surface area contributed by atoms with E-state index in [-0.39, 0.29) is 30.9 Å². The first-order valence-electron chi connectivity index (χ1n) is 9.93. The van der Waals surface area contributed by atoms with E-state index in [2.05, 4.69) is 25.4 Å². The molecule has 1 saturated heterocycles. The van der Waals surface area contributed by atoms with Crippen LogP contribution in [0.15, 0.2) is 46.9 Å². The number of nitrogens with two attached hydrogens (primary N) is 1. The van der Waals surface area contributed by atoms with Crippen LogP contribution in [0.5, 0.6) is 0 Å². The van der Waals surface area contributed by atoms with Gasteiger partial charge < -0.3 is 16.0 Å². The van der Waals surface area contributed by atoms with Gasteiger partial charge in [0.25, 0.3) is 6.08 Å². The predicted molar refractivity (Wildman–Crippen MR) is 117 cm³/mol. The lowest BCUT2D eigenvalue weighted by Crippen LogP contribution is -2.43. The molecule has 0 amide bonds. The van der Waals surface area contributed by atoms with Crippen LogP contribution in [-0.2, 0) is 13.0 Å². The third-order valence-corrected chi connectivity index (χ3v) is 6.29. The van der Waals surface area contributed by atoms with Crippen molar-refractivity contribution in [1.82, 2.24) is 25.1 Å². The molecule has 1 fully saturated rings. The fourth-order valence-corrected chi connectivity index (χ4v) is 4.43. The highest BCUT2D eigenvalue weighted by atomic mass is 32.1. The van der Waals surface area contributed by atoms with E-state index >= 15 is 0 Å². The zero-order chi connectivity index (χ0) is 21.8. The number of nitrogens with one attached hydrogen (secondary N) is 2. The molecule has 0 bridgehead atoms. The Balaban J connectivity index is 1.49. The van der Waals surface area contributed by atoms with Crippen LogP contribution in [0.4, 0.5) is 14.6 Å². The molecule has 0 unspecified atom stereocenters. The van der Waals surface area contributed by atoms with Crippen LogP contribution in [0, 0.1) is 0 Å². The van der Waals surface area contributed by atoms with Crippen LogP contribution in [0.3, 0.4) is 0 Å². The van der Waals surface area contributed by atoms with Crippen molar-refractivity contribution < 1.29 is 8.78 Å². The van der Waals surface area contributed by atoms with Gasteiger partial charge in [-0.3, -0.25) is 4.57 Å². The van der Waals surface area contributed by atoms with Crippen LogP contribution in [0.2, 0.25) is 0 Å². The maximum absolute atomic E-state index is 13.0. The van der Waals surface area contributed by atoms with Gasteiger partial charge in [0, 0.05) is 66.2 Å². The molecule has 4 heterocycles. The minimum Gasteiger partial charge on any atom is -0.354 e. The number of anilines is 1. The Morgan fingerprint density at radius 3 is 2.68 bits per heavy atom. The molecule has 0 saturated carbocycles. The van der Waals surface area contributed by atoms with Crippen LogP contribution in [0.1, 0.15) is 10.7 Å². The van der Waals surface area contributed by atoms with Crippen molar-refractivity contribution in [2.75, 3.05) is 37.6 Å². The number of aromatic nitrogens is 4. The van der Waals surface area contributed by atoms with Crippen LogP contribution in [0.25, 0.3) is 10.4 Å². The molecule has 0 atom stereocenters. The zero-order valence-electron chi connectivity index (χ0n) is 16.8. The number of nitrogens with zero attached hydrogens (tertiary/aromatic N) is 4. The van der Waals surface area contributed by atoms with Crippen molar-refractivity contribution in [3.8, 4) is 10.4 Å². The summed E-state index contributed by atoms with van der Waals surface area (Å²) >= 11 is 1.52. The van der Waals surface area contributed by atoms with Crippen molar-refractivity contribution in [1.29, 1.82) is 0 Å². The van der Waals surface area contributed by atoms with Crippen molar-refractivity contribution in [3.63, 3.8) is 0 Å². The lowest BCUT2D eigenvalue weighted by Gasteiger charge is -2.28. The summed E-state index contributed by atoms with van der Waals surface area (Å²) in [6.45, 7) is 3.73. The Morgan fingerprint density at radius 2 is 2.00 bits per heavy atom. The average Bonchev–Trinajstić information content (AvgIpc) is 3.40. The molecule has 164 valence electrons. The maximum atomic E-state index is 13.0. The fraction of sp³-hybridized carbons (Fsp3) is 0.350. The summed E-state index contributed by atoms with van der Waals surface area (Å²) in [6, 6.07) is 7.95. The average molecular weight is 448 g/mol. The van der Waals surface area contributed by atoms with Gasteiger partial charge in [-0.2, -0.15) is 13.9 Å². The van der Waals surface area contributed by atoms with E-state index in [9.17, 15) is 13.6 Å². The van der Waals surface area contributed by atoms with Gasteiger partial charge in [-0.25, -0.2) is 14.9 Å². The molecular weight excluding hydrogens is 424 g/mol. The SMILES string of the molecule is NCC(Cc1n[nH]c(=O)n1Cc1ccc(-c2ccc(N3CCNCC3)nc2)s1)=C(F)F. The molecule has 4 N–H and O–H groups in total. The molecule has 0 spiro atoms. The molecule has 1 aliphatic rings. The number of rotatable bonds is 7. The molecule has 11 heteroatoms. The molecular formula is C20H23F2N7OS. The first-order chi connectivity index (χ1) is 15.0. The minimum absolute atomic E-state index is 0.173. The lowest BCUT2D eigenvalue weighted by atomic mass is 10.2. The summed E-state index contributed by atoms with van der Waals surface area (Å²) in [5, 5.41) is 9.55. The number of halogens is 2. The van der Waals surface area contributed by atoms with Crippen LogP contribution < -0.4 is 21.6 Å². The van der Waals surface area contributed by atoms with Crippen LogP contribution in [-0.4, -0.2) is 52.5 Å². The molecule has 31 heavy (non-hydrogen) atoms. The second kappa shape index (κ2) is 9.50. The first kappa shape index (κ1) is 21.3. The number of H-pyrrole nitrogens is 1. The summed E-state index contributed by atoms with van der Waals surface area (Å²) in [4.78, 5) is 20.9. The normalized spacial score (nSPS) is 14.1. The van der Waals surface area contributed by atoms with E-state index in [1.807, 2.05) is 30.5 Å². The maximum Gasteiger partial charge on any atom is 0.343 e. The van der Waals surface area contributed by atoms with Gasteiger partial charge in [-0.1, -0.05) is 0 Å². The van der Waals surface area contributed by atoms with E-state index < -0.39 is 11.8 Å². The van der Waals surface area contributed by atoms with E-state index in [0.29, 0.717) is 0 Å². The number of pyridine rings is 1. The molecule has 4 rings (SSSR count). The van der Waals surface area contributed by atoms with Crippen molar-refractivity contribution >= 4 is 17.2 Å². The van der Waals surface area contributed by atoms with Crippen molar-refractivity contribution in [2.45, 2.75) is 13.0 Å². The molecule has 0 radical (unpaired) electrons. The van der Waals surface area contributed by atoms with E-state index in [1.54, 1.807) is 0 Å². The highest BCUT2D eigenvalue weighted by Gasteiger charge is 2.15. The number of hydrogen-bond donors (Lipinski definition) is 3. The number of hydrogen-bond acceptors (Lipinski definition) is 7. The molecule has 0 aliphatic carbocycles. The third kappa shape index (κ3) is 4.89. The predicted octanol–water partition coefficient (Wildman–Crippen LogP) is 1.80. The van der Waals surface area contributed by atoms with Gasteiger partial charge in [-0.05, 0) is 24.3 Å². The second-order valence-corrected chi connectivity index (χ2v) is 8.35. The molecule has 3 aromatic heterocycles. The van der Waals surface area contributed by atoms with Gasteiger partial charge in [0.1, 0.15) is 11.6 Å². The van der Waals surface area contributed by atoms with Gasteiger partial charge in [0.05, 0.1) is 6.54 Å². The number of thiophene rings is 1. The highest BCUT2D eigenvalue weighted by Crippen LogP contribution is 2.29. The van der Waals surface area contributed by atoms with Crippen LogP contribution >= 0.6 is 11.3 Å². The zero-order valence-corrected chi connectivity index (χ0v) is 17.6. The topological polar surface area (TPSA) is 105 Å². The summed E-state index contributed by atoms with van der Waals surface area (Å²) in [7, 11) is 0. The highest BCUT2D eigenvalue weighted by molar-refractivity contribution is 7.15. The summed E-state index contributed by atoms with van der Waals surface area (Å²) in [5.41, 5.74) is 5.70. The number of aromatic amines is 1. The minimum atomic E-state index is -1.83. The lowest BCUT2D eigenvalue weighted by molar-refractivity contribution is 0.407. The number of piperazine rings is 1. The summed E-state index contributed by atoms with van der Waals surface area (Å²) < 4.78 is 27.3. The van der Waals surface area contributed by atoms with Crippen molar-refractivity contribution in [3.05, 3.63) is 63.3 Å². The third-order valence-electron chi connectivity index (χ3n) is 5.17. The largest absolute Gasteiger partial charge is 0.354 e. The molecule has 1 aliphatic heterocycles. The molecule has 3 aromatic rings. The monoisotopic (exact) mass is 447 g/mol. The van der Waals surface area contributed by atoms with Crippen molar-refractivity contribution in [2.24, 2.45) is 5.73 Å². The van der Waals surface area contributed by atoms with E-state index in [0.717, 1.165) is 47.3 Å². The Bertz CT molecular complexity index is 1110. The Labute approximate surface area is 181 Å². The van der Waals surface area contributed by atoms with E-state index in [1.165, 1.54) is 15.9 Å². The van der Waals surface area contributed by atoms with Gasteiger partial charge in [-0.15, -0.1) is 11.3 Å². The fourth-order valence-electron chi connectivity index (χ4n) is 3.44. The molecule has 8 nitrogen and oxygen atoms in total. The van der Waals surface area contributed by atoms with Gasteiger partial charge in [0.15, 0.2) is 0 Å². The first-order valence-corrected chi connectivity index (χ1v) is 10.7. The van der Waals surface area contributed by atoms with Gasteiger partial charge >= 0.3 is 5.69 Å². The summed E-state index contributed by atoms with van der Waals surface area (Å²) in [5.74, 6) is 1.19. The molecule has 0 aromatic carbocycles. The quantitative estimate of drug-likeness (QED) is 0.510. The second-order valence-electron chi connectivity index (χ2n) is 7.18. The Hall–Kier alpha value is -2.89. The smallest absolute Gasteiger partial charge is 0.343 e. The van der Waals surface area contributed by atoms with E-state index in [4.69, 9.17) is 5.73 Å². The standard InChI is InChI=1S/C20H23F2N7OS/c21-19(22)14(10-23)9-18-26-27-20(30)29(18)12-15-2-3-16(31-15)13-1-4-17(25-11-13)28-7-5-24-6-8-28/h1-4,11,24H,5-10,12,23H2,(H,27,30). The summed E-state index contributed by atoms with van der Waals surface area (Å²) in [6.07, 6.45) is -0.155. The Kier molecular flexibility index (Phi) is 6.54.